The number of hydrogen-bond acceptors (Lipinski definition) is 4. The average Bonchev–Trinajstić information content (AvgIpc) is 2.97. The van der Waals surface area contributed by atoms with Gasteiger partial charge in [0.15, 0.2) is 5.16 Å². The monoisotopic (exact) mass is 393 g/mol. The van der Waals surface area contributed by atoms with Crippen molar-refractivity contribution < 1.29 is 4.74 Å². The summed E-state index contributed by atoms with van der Waals surface area (Å²) in [5, 5.41) is 10.6. The molecule has 0 atom stereocenters. The third-order valence-electron chi connectivity index (χ3n) is 3.80. The summed E-state index contributed by atoms with van der Waals surface area (Å²) < 4.78 is 7.20. The average molecular weight is 394 g/mol. The minimum absolute atomic E-state index is 0.566. The Morgan fingerprint density at radius 3 is 2.40 bits per heavy atom. The summed E-state index contributed by atoms with van der Waals surface area (Å²) in [7, 11) is 3.64. The van der Waals surface area contributed by atoms with E-state index in [1.165, 1.54) is 0 Å². The van der Waals surface area contributed by atoms with Gasteiger partial charge in [0.1, 0.15) is 11.6 Å². The van der Waals surface area contributed by atoms with Crippen molar-refractivity contribution in [1.29, 1.82) is 0 Å². The summed E-state index contributed by atoms with van der Waals surface area (Å²) in [6.45, 7) is 0. The highest BCUT2D eigenvalue weighted by Crippen LogP contribution is 2.27. The highest BCUT2D eigenvalue weighted by Gasteiger charge is 2.11. The van der Waals surface area contributed by atoms with E-state index >= 15 is 0 Å². The molecule has 0 aliphatic heterocycles. The normalized spacial score (nSPS) is 10.9. The molecule has 2 aromatic carbocycles. The summed E-state index contributed by atoms with van der Waals surface area (Å²) in [6.07, 6.45) is 0.723. The second kappa shape index (κ2) is 8.13. The molecule has 3 rings (SSSR count). The second-order valence-corrected chi connectivity index (χ2v) is 7.28. The standard InChI is InChI=1S/C18H17Cl2N3OS/c1-23-17(10-12-3-6-14(24-2)7-4-12)21-22-18(23)25-11-13-5-8-15(19)16(20)9-13/h3-9H,10-11H2,1-2H3. The van der Waals surface area contributed by atoms with Gasteiger partial charge in [-0.25, -0.2) is 0 Å². The van der Waals surface area contributed by atoms with E-state index in [4.69, 9.17) is 27.9 Å². The van der Waals surface area contributed by atoms with Gasteiger partial charge in [-0.05, 0) is 35.4 Å². The van der Waals surface area contributed by atoms with Gasteiger partial charge < -0.3 is 9.30 Å². The molecule has 0 spiro atoms. The predicted molar refractivity (Wildman–Crippen MR) is 103 cm³/mol. The van der Waals surface area contributed by atoms with E-state index in [1.807, 2.05) is 54.1 Å². The Labute approximate surface area is 161 Å². The van der Waals surface area contributed by atoms with Crippen molar-refractivity contribution in [2.75, 3.05) is 7.11 Å². The SMILES string of the molecule is COc1ccc(Cc2nnc(SCc3ccc(Cl)c(Cl)c3)n2C)cc1. The van der Waals surface area contributed by atoms with Crippen molar-refractivity contribution in [3.63, 3.8) is 0 Å². The molecule has 0 bridgehead atoms. The van der Waals surface area contributed by atoms with Crippen LogP contribution in [0.3, 0.4) is 0 Å². The van der Waals surface area contributed by atoms with Crippen LogP contribution in [0.25, 0.3) is 0 Å². The van der Waals surface area contributed by atoms with Gasteiger partial charge in [-0.1, -0.05) is 53.2 Å². The molecule has 3 aromatic rings. The lowest BCUT2D eigenvalue weighted by Crippen LogP contribution is -2.00. The molecule has 7 heteroatoms. The Morgan fingerprint density at radius 1 is 1.00 bits per heavy atom. The summed E-state index contributed by atoms with van der Waals surface area (Å²) in [4.78, 5) is 0. The van der Waals surface area contributed by atoms with Crippen molar-refractivity contribution in [2.45, 2.75) is 17.3 Å². The summed E-state index contributed by atoms with van der Waals surface area (Å²) in [5.74, 6) is 2.52. The maximum absolute atomic E-state index is 6.06. The number of thioether (sulfide) groups is 1. The first-order valence-corrected chi connectivity index (χ1v) is 9.39. The molecule has 0 aliphatic carbocycles. The molecule has 0 fully saturated rings. The number of ether oxygens (including phenoxy) is 1. The van der Waals surface area contributed by atoms with E-state index in [2.05, 4.69) is 10.2 Å². The second-order valence-electron chi connectivity index (χ2n) is 5.52. The smallest absolute Gasteiger partial charge is 0.191 e. The maximum Gasteiger partial charge on any atom is 0.191 e. The molecule has 130 valence electrons. The molecule has 0 unspecified atom stereocenters. The number of rotatable bonds is 6. The zero-order chi connectivity index (χ0) is 17.8. The van der Waals surface area contributed by atoms with Crippen molar-refractivity contribution in [3.05, 3.63) is 69.5 Å². The zero-order valence-electron chi connectivity index (χ0n) is 13.9. The Bertz CT molecular complexity index is 865. The third-order valence-corrected chi connectivity index (χ3v) is 5.63. The van der Waals surface area contributed by atoms with Gasteiger partial charge >= 0.3 is 0 Å². The van der Waals surface area contributed by atoms with Crippen LogP contribution in [0.15, 0.2) is 47.6 Å². The first-order chi connectivity index (χ1) is 12.1. The quantitative estimate of drug-likeness (QED) is 0.551. The Balaban J connectivity index is 1.66. The fourth-order valence-electron chi connectivity index (χ4n) is 2.33. The van der Waals surface area contributed by atoms with Crippen LogP contribution in [0.4, 0.5) is 0 Å². The van der Waals surface area contributed by atoms with Crippen molar-refractivity contribution in [3.8, 4) is 5.75 Å². The Kier molecular flexibility index (Phi) is 5.89. The van der Waals surface area contributed by atoms with Gasteiger partial charge in [-0.2, -0.15) is 0 Å². The highest BCUT2D eigenvalue weighted by atomic mass is 35.5. The largest absolute Gasteiger partial charge is 0.497 e. The Hall–Kier alpha value is -1.69. The minimum Gasteiger partial charge on any atom is -0.497 e. The van der Waals surface area contributed by atoms with Crippen LogP contribution in [-0.2, 0) is 19.2 Å². The van der Waals surface area contributed by atoms with Crippen LogP contribution in [0.1, 0.15) is 17.0 Å². The van der Waals surface area contributed by atoms with Crippen molar-refractivity contribution >= 4 is 35.0 Å². The number of aromatic nitrogens is 3. The zero-order valence-corrected chi connectivity index (χ0v) is 16.2. The van der Waals surface area contributed by atoms with E-state index in [-0.39, 0.29) is 0 Å². The van der Waals surface area contributed by atoms with Crippen LogP contribution < -0.4 is 4.74 Å². The van der Waals surface area contributed by atoms with Gasteiger partial charge in [0.05, 0.1) is 17.2 Å². The third kappa shape index (κ3) is 4.48. The van der Waals surface area contributed by atoms with Crippen molar-refractivity contribution in [2.24, 2.45) is 7.05 Å². The number of benzene rings is 2. The van der Waals surface area contributed by atoms with Gasteiger partial charge in [0, 0.05) is 19.2 Å². The van der Waals surface area contributed by atoms with E-state index < -0.39 is 0 Å². The van der Waals surface area contributed by atoms with Gasteiger partial charge in [0.25, 0.3) is 0 Å². The van der Waals surface area contributed by atoms with Crippen LogP contribution in [0, 0.1) is 0 Å². The lowest BCUT2D eigenvalue weighted by atomic mass is 10.1. The molecule has 25 heavy (non-hydrogen) atoms. The first kappa shape index (κ1) is 18.1. The Morgan fingerprint density at radius 2 is 1.72 bits per heavy atom. The summed E-state index contributed by atoms with van der Waals surface area (Å²) in [6, 6.07) is 13.6. The lowest BCUT2D eigenvalue weighted by molar-refractivity contribution is 0.414. The number of halogens is 2. The van der Waals surface area contributed by atoms with E-state index in [9.17, 15) is 0 Å². The maximum atomic E-state index is 6.06. The lowest BCUT2D eigenvalue weighted by Gasteiger charge is -2.06. The van der Waals surface area contributed by atoms with Gasteiger partial charge in [-0.15, -0.1) is 10.2 Å². The molecule has 0 aliphatic rings. The molecule has 1 aromatic heterocycles. The van der Waals surface area contributed by atoms with Gasteiger partial charge in [-0.3, -0.25) is 0 Å². The molecular weight excluding hydrogens is 377 g/mol. The number of methoxy groups -OCH3 is 1. The van der Waals surface area contributed by atoms with E-state index in [0.29, 0.717) is 10.0 Å². The number of nitrogens with zero attached hydrogens (tertiary/aromatic N) is 3. The number of hydrogen-bond donors (Lipinski definition) is 0. The van der Waals surface area contributed by atoms with E-state index in [1.54, 1.807) is 18.9 Å². The highest BCUT2D eigenvalue weighted by molar-refractivity contribution is 7.98. The molecular formula is C18H17Cl2N3OS. The molecule has 0 radical (unpaired) electrons. The van der Waals surface area contributed by atoms with Gasteiger partial charge in [0.2, 0.25) is 0 Å². The van der Waals surface area contributed by atoms with Crippen LogP contribution in [0.5, 0.6) is 5.75 Å². The topological polar surface area (TPSA) is 39.9 Å². The molecule has 0 saturated carbocycles. The van der Waals surface area contributed by atoms with E-state index in [0.717, 1.165) is 40.0 Å². The fraction of sp³-hybridized carbons (Fsp3) is 0.222. The summed E-state index contributed by atoms with van der Waals surface area (Å²) in [5.41, 5.74) is 2.26. The fourth-order valence-corrected chi connectivity index (χ4v) is 3.52. The summed E-state index contributed by atoms with van der Waals surface area (Å²) >= 11 is 13.6. The molecule has 0 saturated heterocycles. The molecule has 1 heterocycles. The molecule has 0 N–H and O–H groups in total. The first-order valence-electron chi connectivity index (χ1n) is 7.64. The van der Waals surface area contributed by atoms with Crippen LogP contribution in [-0.4, -0.2) is 21.9 Å². The minimum atomic E-state index is 0.566. The predicted octanol–water partition coefficient (Wildman–Crippen LogP) is 5.01. The van der Waals surface area contributed by atoms with Crippen LogP contribution in [0.2, 0.25) is 10.0 Å². The van der Waals surface area contributed by atoms with Crippen molar-refractivity contribution in [1.82, 2.24) is 14.8 Å². The molecule has 4 nitrogen and oxygen atoms in total. The van der Waals surface area contributed by atoms with Crippen LogP contribution >= 0.6 is 35.0 Å². The molecule has 0 amide bonds.